The average molecular weight is 241 g/mol. The van der Waals surface area contributed by atoms with Crippen molar-refractivity contribution in [3.63, 3.8) is 0 Å². The van der Waals surface area contributed by atoms with Crippen LogP contribution in [0.4, 0.5) is 11.8 Å². The first-order chi connectivity index (χ1) is 7.56. The van der Waals surface area contributed by atoms with E-state index < -0.39 is 0 Å². The molecule has 2 rings (SSSR count). The van der Waals surface area contributed by atoms with E-state index in [9.17, 15) is 0 Å². The first kappa shape index (κ1) is 11.5. The Morgan fingerprint density at radius 2 is 2.19 bits per heavy atom. The molecule has 1 aromatic heterocycles. The van der Waals surface area contributed by atoms with Crippen LogP contribution >= 0.6 is 11.6 Å². The van der Waals surface area contributed by atoms with Crippen molar-refractivity contribution in [3.8, 4) is 0 Å². The Balaban J connectivity index is 2.23. The highest BCUT2D eigenvalue weighted by molar-refractivity contribution is 6.29. The van der Waals surface area contributed by atoms with Crippen LogP contribution in [0.25, 0.3) is 0 Å². The van der Waals surface area contributed by atoms with E-state index in [1.807, 2.05) is 0 Å². The quantitative estimate of drug-likeness (QED) is 0.821. The molecule has 0 atom stereocenters. The number of hydrogen-bond acceptors (Lipinski definition) is 4. The molecular formula is C11H17ClN4. The molecule has 4 nitrogen and oxygen atoms in total. The molecule has 16 heavy (non-hydrogen) atoms. The molecule has 1 heterocycles. The van der Waals surface area contributed by atoms with Crippen LogP contribution in [0, 0.1) is 5.92 Å². The Morgan fingerprint density at radius 3 is 2.69 bits per heavy atom. The summed E-state index contributed by atoms with van der Waals surface area (Å²) < 4.78 is 0. The maximum Gasteiger partial charge on any atom is 0.223 e. The summed E-state index contributed by atoms with van der Waals surface area (Å²) in [5.74, 6) is 1.70. The predicted molar refractivity (Wildman–Crippen MR) is 66.7 cm³/mol. The van der Waals surface area contributed by atoms with Crippen LogP contribution in [0.1, 0.15) is 26.7 Å². The van der Waals surface area contributed by atoms with E-state index in [1.165, 1.54) is 12.8 Å². The fourth-order valence-electron chi connectivity index (χ4n) is 1.78. The molecule has 0 amide bonds. The highest BCUT2D eigenvalue weighted by atomic mass is 35.5. The molecule has 0 spiro atoms. The van der Waals surface area contributed by atoms with Crippen molar-refractivity contribution < 1.29 is 0 Å². The lowest BCUT2D eigenvalue weighted by Gasteiger charge is -2.25. The minimum atomic E-state index is 0.247. The van der Waals surface area contributed by atoms with Gasteiger partial charge in [0.2, 0.25) is 5.95 Å². The second-order valence-electron chi connectivity index (χ2n) is 4.68. The first-order valence-corrected chi connectivity index (χ1v) is 6.00. The van der Waals surface area contributed by atoms with E-state index in [4.69, 9.17) is 17.3 Å². The summed E-state index contributed by atoms with van der Waals surface area (Å²) in [5, 5.41) is 0.414. The van der Waals surface area contributed by atoms with Gasteiger partial charge in [0.05, 0.1) is 0 Å². The zero-order valence-electron chi connectivity index (χ0n) is 9.65. The monoisotopic (exact) mass is 240 g/mol. The van der Waals surface area contributed by atoms with Gasteiger partial charge in [0.15, 0.2) is 0 Å². The Hall–Kier alpha value is -1.03. The number of aromatic nitrogens is 2. The van der Waals surface area contributed by atoms with Crippen molar-refractivity contribution in [2.45, 2.75) is 32.7 Å². The van der Waals surface area contributed by atoms with Crippen molar-refractivity contribution >= 4 is 23.4 Å². The zero-order valence-corrected chi connectivity index (χ0v) is 10.4. The first-order valence-electron chi connectivity index (χ1n) is 5.63. The number of nitrogens with two attached hydrogens (primary N) is 1. The lowest BCUT2D eigenvalue weighted by atomic mass is 10.2. The molecule has 0 saturated heterocycles. The molecule has 1 saturated carbocycles. The van der Waals surface area contributed by atoms with E-state index in [0.29, 0.717) is 17.1 Å². The van der Waals surface area contributed by atoms with E-state index in [0.717, 1.165) is 12.4 Å². The normalized spacial score (nSPS) is 15.5. The van der Waals surface area contributed by atoms with Gasteiger partial charge in [-0.25, -0.2) is 4.98 Å². The van der Waals surface area contributed by atoms with Crippen molar-refractivity contribution in [1.82, 2.24) is 9.97 Å². The highest BCUT2D eigenvalue weighted by Crippen LogP contribution is 2.32. The third-order valence-corrected chi connectivity index (χ3v) is 2.74. The number of anilines is 2. The summed E-state index contributed by atoms with van der Waals surface area (Å²) in [5.41, 5.74) is 5.62. The van der Waals surface area contributed by atoms with Crippen molar-refractivity contribution in [1.29, 1.82) is 0 Å². The van der Waals surface area contributed by atoms with Gasteiger partial charge >= 0.3 is 0 Å². The third-order valence-electron chi connectivity index (χ3n) is 2.54. The van der Waals surface area contributed by atoms with Gasteiger partial charge in [0.25, 0.3) is 0 Å². The van der Waals surface area contributed by atoms with Crippen LogP contribution in [0.15, 0.2) is 6.07 Å². The fourth-order valence-corrected chi connectivity index (χ4v) is 1.96. The lowest BCUT2D eigenvalue weighted by molar-refractivity contribution is 0.602. The summed E-state index contributed by atoms with van der Waals surface area (Å²) in [4.78, 5) is 10.4. The van der Waals surface area contributed by atoms with Gasteiger partial charge in [-0.05, 0) is 18.8 Å². The van der Waals surface area contributed by atoms with Crippen LogP contribution < -0.4 is 10.6 Å². The largest absolute Gasteiger partial charge is 0.368 e. The number of nitrogen functional groups attached to an aromatic ring is 1. The van der Waals surface area contributed by atoms with Crippen LogP contribution in [0.2, 0.25) is 5.15 Å². The van der Waals surface area contributed by atoms with E-state index >= 15 is 0 Å². The Kier molecular flexibility index (Phi) is 3.19. The van der Waals surface area contributed by atoms with Gasteiger partial charge < -0.3 is 10.6 Å². The van der Waals surface area contributed by atoms with E-state index in [1.54, 1.807) is 6.07 Å². The molecule has 0 aromatic carbocycles. The van der Waals surface area contributed by atoms with Crippen LogP contribution in [0.5, 0.6) is 0 Å². The molecule has 1 aliphatic carbocycles. The minimum absolute atomic E-state index is 0.247. The van der Waals surface area contributed by atoms with Gasteiger partial charge in [-0.2, -0.15) is 4.98 Å². The Morgan fingerprint density at radius 1 is 1.50 bits per heavy atom. The molecule has 1 fully saturated rings. The Bertz CT molecular complexity index is 356. The number of hydrogen-bond donors (Lipinski definition) is 1. The van der Waals surface area contributed by atoms with Crippen molar-refractivity contribution in [3.05, 3.63) is 11.2 Å². The maximum absolute atomic E-state index is 5.90. The third kappa shape index (κ3) is 2.76. The van der Waals surface area contributed by atoms with Crippen molar-refractivity contribution in [2.75, 3.05) is 17.2 Å². The Labute approximate surface area is 101 Å². The number of rotatable bonds is 4. The van der Waals surface area contributed by atoms with E-state index in [2.05, 4.69) is 28.7 Å². The lowest BCUT2D eigenvalue weighted by Crippen LogP contribution is -2.30. The number of nitrogens with zero attached hydrogens (tertiary/aromatic N) is 3. The van der Waals surface area contributed by atoms with Gasteiger partial charge in [-0.3, -0.25) is 0 Å². The maximum atomic E-state index is 5.90. The molecule has 2 N–H and O–H groups in total. The van der Waals surface area contributed by atoms with Gasteiger partial charge in [-0.1, -0.05) is 25.4 Å². The summed E-state index contributed by atoms with van der Waals surface area (Å²) in [6.45, 7) is 5.38. The van der Waals surface area contributed by atoms with Gasteiger partial charge in [0, 0.05) is 18.7 Å². The summed E-state index contributed by atoms with van der Waals surface area (Å²) >= 11 is 5.90. The SMILES string of the molecule is CC(C)CN(c1cc(Cl)nc(N)n1)C1CC1. The second-order valence-corrected chi connectivity index (χ2v) is 5.07. The summed E-state index contributed by atoms with van der Waals surface area (Å²) in [6.07, 6.45) is 2.46. The van der Waals surface area contributed by atoms with Crippen molar-refractivity contribution in [2.24, 2.45) is 5.92 Å². The molecule has 0 aliphatic heterocycles. The molecule has 1 aromatic rings. The van der Waals surface area contributed by atoms with E-state index in [-0.39, 0.29) is 5.95 Å². The van der Waals surface area contributed by atoms with Crippen LogP contribution in [-0.4, -0.2) is 22.6 Å². The number of halogens is 1. The predicted octanol–water partition coefficient (Wildman–Crippen LogP) is 2.34. The van der Waals surface area contributed by atoms with Gasteiger partial charge in [0.1, 0.15) is 11.0 Å². The highest BCUT2D eigenvalue weighted by Gasteiger charge is 2.30. The van der Waals surface area contributed by atoms with Crippen LogP contribution in [-0.2, 0) is 0 Å². The standard InChI is InChI=1S/C11H17ClN4/c1-7(2)6-16(8-3-4-8)10-5-9(12)14-11(13)15-10/h5,7-8H,3-4,6H2,1-2H3,(H2,13,14,15). The summed E-state index contributed by atoms with van der Waals surface area (Å²) in [7, 11) is 0. The fraction of sp³-hybridized carbons (Fsp3) is 0.636. The molecule has 0 radical (unpaired) electrons. The average Bonchev–Trinajstić information content (AvgIpc) is 2.95. The molecule has 0 unspecified atom stereocenters. The minimum Gasteiger partial charge on any atom is -0.368 e. The molecule has 5 heteroatoms. The second kappa shape index (κ2) is 4.45. The zero-order chi connectivity index (χ0) is 11.7. The smallest absolute Gasteiger partial charge is 0.223 e. The summed E-state index contributed by atoms with van der Waals surface area (Å²) in [6, 6.07) is 2.39. The topological polar surface area (TPSA) is 55.0 Å². The van der Waals surface area contributed by atoms with Gasteiger partial charge in [-0.15, -0.1) is 0 Å². The molecule has 88 valence electrons. The molecule has 0 bridgehead atoms. The molecular weight excluding hydrogens is 224 g/mol. The molecule has 1 aliphatic rings. The van der Waals surface area contributed by atoms with Crippen LogP contribution in [0.3, 0.4) is 0 Å².